The molecule has 1 spiro atoms. The number of halogens is 4. The Hall–Kier alpha value is -2.25. The van der Waals surface area contributed by atoms with Crippen molar-refractivity contribution in [3.05, 3.63) is 65.2 Å². The summed E-state index contributed by atoms with van der Waals surface area (Å²) in [6.07, 6.45) is -2.64. The summed E-state index contributed by atoms with van der Waals surface area (Å²) >= 11 is 0. The molecule has 1 fully saturated rings. The fraction of sp³-hybridized carbons (Fsp3) is 0.381. The molecule has 1 N–H and O–H groups in total. The maximum atomic E-state index is 12.7. The first-order valence-corrected chi connectivity index (χ1v) is 9.34. The van der Waals surface area contributed by atoms with Crippen molar-refractivity contribution in [1.82, 2.24) is 4.90 Å². The number of nitrogens with zero attached hydrogens (tertiary/aromatic N) is 1. The lowest BCUT2D eigenvalue weighted by atomic mass is 9.82. The van der Waals surface area contributed by atoms with E-state index in [4.69, 9.17) is 4.74 Å². The lowest BCUT2D eigenvalue weighted by Crippen LogP contribution is -2.48. The number of nitrogens with one attached hydrogen (secondary N) is 1. The van der Waals surface area contributed by atoms with Crippen LogP contribution >= 0.6 is 12.4 Å². The first kappa shape index (κ1) is 21.5. The molecule has 0 unspecified atom stereocenters. The lowest BCUT2D eigenvalue weighted by Gasteiger charge is -2.44. The van der Waals surface area contributed by atoms with Gasteiger partial charge in [0.1, 0.15) is 5.60 Å². The van der Waals surface area contributed by atoms with E-state index in [2.05, 4.69) is 10.2 Å². The molecule has 0 aliphatic carbocycles. The molecule has 0 bridgehead atoms. The van der Waals surface area contributed by atoms with Crippen LogP contribution in [0.25, 0.3) is 0 Å². The third-order valence-electron chi connectivity index (χ3n) is 5.60. The number of hydrogen-bond acceptors (Lipinski definition) is 3. The summed E-state index contributed by atoms with van der Waals surface area (Å²) in [5, 5.41) is 2.75. The van der Waals surface area contributed by atoms with E-state index in [1.54, 1.807) is 12.1 Å². The predicted molar refractivity (Wildman–Crippen MR) is 106 cm³/mol. The van der Waals surface area contributed by atoms with Gasteiger partial charge in [0, 0.05) is 38.0 Å². The molecular weight excluding hydrogens is 405 g/mol. The Morgan fingerprint density at radius 1 is 1.03 bits per heavy atom. The number of anilines is 1. The maximum Gasteiger partial charge on any atom is 0.416 e. The van der Waals surface area contributed by atoms with Crippen molar-refractivity contribution >= 4 is 24.2 Å². The zero-order valence-electron chi connectivity index (χ0n) is 15.7. The van der Waals surface area contributed by atoms with Gasteiger partial charge in [0.2, 0.25) is 0 Å². The highest BCUT2D eigenvalue weighted by molar-refractivity contribution is 5.88. The number of alkyl halides is 3. The second-order valence-electron chi connectivity index (χ2n) is 7.34. The number of piperidine rings is 1. The number of fused-ring (bicyclic) bond motifs is 2. The Balaban J connectivity index is 0.00000240. The third-order valence-corrected chi connectivity index (χ3v) is 5.60. The predicted octanol–water partition coefficient (Wildman–Crippen LogP) is 5.22. The van der Waals surface area contributed by atoms with Crippen molar-refractivity contribution in [2.75, 3.05) is 25.0 Å². The fourth-order valence-corrected chi connectivity index (χ4v) is 4.01. The van der Waals surface area contributed by atoms with E-state index in [-0.39, 0.29) is 12.4 Å². The van der Waals surface area contributed by atoms with Gasteiger partial charge in [-0.1, -0.05) is 30.3 Å². The molecule has 2 aliphatic heterocycles. The van der Waals surface area contributed by atoms with Crippen LogP contribution in [0.2, 0.25) is 0 Å². The molecule has 1 amide bonds. The van der Waals surface area contributed by atoms with Crippen molar-refractivity contribution in [3.63, 3.8) is 0 Å². The van der Waals surface area contributed by atoms with Crippen molar-refractivity contribution in [3.8, 4) is 0 Å². The molecule has 0 radical (unpaired) electrons. The van der Waals surface area contributed by atoms with Crippen molar-refractivity contribution in [2.45, 2.75) is 31.0 Å². The van der Waals surface area contributed by atoms with Crippen molar-refractivity contribution in [2.24, 2.45) is 0 Å². The van der Waals surface area contributed by atoms with Gasteiger partial charge < -0.3 is 9.64 Å². The minimum absolute atomic E-state index is 0. The number of carbonyl (C=O) groups is 1. The average molecular weight is 427 g/mol. The number of likely N-dealkylation sites (tertiary alicyclic amines) is 1. The van der Waals surface area contributed by atoms with Crippen LogP contribution in [0.1, 0.15) is 29.5 Å². The topological polar surface area (TPSA) is 41.6 Å². The number of benzene rings is 2. The van der Waals surface area contributed by atoms with E-state index in [1.165, 1.54) is 0 Å². The summed E-state index contributed by atoms with van der Waals surface area (Å²) in [5.41, 5.74) is 1.48. The second-order valence-corrected chi connectivity index (χ2v) is 7.34. The minimum atomic E-state index is -4.30. The van der Waals surface area contributed by atoms with Crippen LogP contribution in [0.5, 0.6) is 0 Å². The monoisotopic (exact) mass is 426 g/mol. The van der Waals surface area contributed by atoms with Crippen LogP contribution in [0.3, 0.4) is 0 Å². The van der Waals surface area contributed by atoms with Crippen LogP contribution in [0.4, 0.5) is 23.7 Å². The molecule has 2 aromatic rings. The number of rotatable bonds is 3. The highest BCUT2D eigenvalue weighted by atomic mass is 35.5. The summed E-state index contributed by atoms with van der Waals surface area (Å²) in [5.74, 6) is 0. The number of carbonyl (C=O) groups excluding carboxylic acids is 1. The Morgan fingerprint density at radius 3 is 2.34 bits per heavy atom. The highest BCUT2D eigenvalue weighted by Crippen LogP contribution is 2.43. The first-order valence-electron chi connectivity index (χ1n) is 9.34. The lowest BCUT2D eigenvalue weighted by molar-refractivity contribution is -0.137. The fourth-order valence-electron chi connectivity index (χ4n) is 4.01. The summed E-state index contributed by atoms with van der Waals surface area (Å²) in [6, 6.07) is 13.0. The van der Waals surface area contributed by atoms with Gasteiger partial charge in [-0.3, -0.25) is 5.32 Å². The van der Waals surface area contributed by atoms with E-state index in [9.17, 15) is 18.0 Å². The van der Waals surface area contributed by atoms with Crippen LogP contribution in [-0.2, 0) is 22.9 Å². The molecular formula is C21H22ClF3N2O2. The molecule has 8 heteroatoms. The van der Waals surface area contributed by atoms with Gasteiger partial charge in [-0.2, -0.15) is 13.2 Å². The van der Waals surface area contributed by atoms with E-state index >= 15 is 0 Å². The van der Waals surface area contributed by atoms with E-state index in [0.717, 1.165) is 48.6 Å². The summed E-state index contributed by atoms with van der Waals surface area (Å²) < 4.78 is 43.7. The van der Waals surface area contributed by atoms with Crippen LogP contribution in [0, 0.1) is 0 Å². The SMILES string of the molecule is Cl.O=C1Nc2ccccc2C2(CCN(CCc3ccc(C(F)(F)F)cc3)CC2)O1. The summed E-state index contributed by atoms with van der Waals surface area (Å²) in [7, 11) is 0. The van der Waals surface area contributed by atoms with Gasteiger partial charge >= 0.3 is 12.3 Å². The number of hydrogen-bond donors (Lipinski definition) is 1. The zero-order chi connectivity index (χ0) is 19.8. The molecule has 156 valence electrons. The van der Waals surface area contributed by atoms with E-state index in [1.807, 2.05) is 24.3 Å². The van der Waals surface area contributed by atoms with Crippen molar-refractivity contribution in [1.29, 1.82) is 0 Å². The first-order chi connectivity index (χ1) is 13.4. The van der Waals surface area contributed by atoms with Gasteiger partial charge in [-0.25, -0.2) is 4.79 Å². The zero-order valence-corrected chi connectivity index (χ0v) is 16.5. The van der Waals surface area contributed by atoms with E-state index < -0.39 is 23.4 Å². The summed E-state index contributed by atoms with van der Waals surface area (Å²) in [4.78, 5) is 14.2. The molecule has 2 aliphatic rings. The molecule has 0 atom stereocenters. The summed E-state index contributed by atoms with van der Waals surface area (Å²) in [6.45, 7) is 2.29. The number of amides is 1. The van der Waals surface area contributed by atoms with Crippen molar-refractivity contribution < 1.29 is 22.7 Å². The molecule has 4 rings (SSSR count). The Labute approximate surface area is 173 Å². The molecule has 29 heavy (non-hydrogen) atoms. The van der Waals surface area contributed by atoms with Gasteiger partial charge in [0.05, 0.1) is 11.3 Å². The minimum Gasteiger partial charge on any atom is -0.438 e. The number of ether oxygens (including phenoxy) is 1. The standard InChI is InChI=1S/C21H21F3N2O2.ClH/c22-21(23,24)16-7-5-15(6-8-16)9-12-26-13-10-20(11-14-26)17-3-1-2-4-18(17)25-19(27)28-20;/h1-8H,9-14H2,(H,25,27);1H. The van der Waals surface area contributed by atoms with Crippen LogP contribution in [-0.4, -0.2) is 30.6 Å². The Bertz CT molecular complexity index is 863. The van der Waals surface area contributed by atoms with Gasteiger partial charge in [-0.05, 0) is 30.2 Å². The highest BCUT2D eigenvalue weighted by Gasteiger charge is 2.44. The van der Waals surface area contributed by atoms with Gasteiger partial charge in [0.25, 0.3) is 0 Å². The molecule has 2 aromatic carbocycles. The quantitative estimate of drug-likeness (QED) is 0.731. The smallest absolute Gasteiger partial charge is 0.416 e. The van der Waals surface area contributed by atoms with Gasteiger partial charge in [-0.15, -0.1) is 12.4 Å². The molecule has 4 nitrogen and oxygen atoms in total. The molecule has 0 aromatic heterocycles. The molecule has 2 heterocycles. The largest absolute Gasteiger partial charge is 0.438 e. The Kier molecular flexibility index (Phi) is 6.10. The normalized spacial score (nSPS) is 18.4. The Morgan fingerprint density at radius 2 is 1.69 bits per heavy atom. The third kappa shape index (κ3) is 4.51. The van der Waals surface area contributed by atoms with Crippen LogP contribution < -0.4 is 5.32 Å². The molecule has 1 saturated heterocycles. The van der Waals surface area contributed by atoms with Gasteiger partial charge in [0.15, 0.2) is 0 Å². The average Bonchev–Trinajstić information content (AvgIpc) is 2.67. The van der Waals surface area contributed by atoms with E-state index in [0.29, 0.717) is 19.3 Å². The number of para-hydroxylation sites is 1. The van der Waals surface area contributed by atoms with Crippen LogP contribution in [0.15, 0.2) is 48.5 Å². The molecule has 0 saturated carbocycles. The second kappa shape index (κ2) is 8.24. The maximum absolute atomic E-state index is 12.7.